The predicted octanol–water partition coefficient (Wildman–Crippen LogP) is 6.72. The molecule has 10 heteroatoms. The van der Waals surface area contributed by atoms with Crippen LogP contribution in [0.4, 0.5) is 24.9 Å². The molecule has 0 spiro atoms. The number of pyridine rings is 1. The maximum atomic E-state index is 15.8. The standard InChI is InChI=1S/C29H34F3N7/c1-6-38-11-9-20(10-12-38)29(5,32)21-7-8-25(33-15-21)36-28-34-16-23(31)26(37-28)19-13-22(30)27-24(14-19)39(17(2)3)18(4)35-27/h7-8,13-17,20H,6,9-12H2,1-5H3,(H,33,34,36,37)/t29-/m1/s1. The number of piperidine rings is 1. The zero-order chi connectivity index (χ0) is 27.9. The molecule has 0 bridgehead atoms. The number of imidazole rings is 1. The molecular formula is C29H34F3N7. The Bertz CT molecular complexity index is 1470. The highest BCUT2D eigenvalue weighted by Crippen LogP contribution is 2.40. The summed E-state index contributed by atoms with van der Waals surface area (Å²) in [6, 6.07) is 6.34. The van der Waals surface area contributed by atoms with E-state index >= 15 is 4.39 Å². The number of aromatic nitrogens is 5. The van der Waals surface area contributed by atoms with E-state index in [9.17, 15) is 8.78 Å². The van der Waals surface area contributed by atoms with Gasteiger partial charge in [0.1, 0.15) is 28.5 Å². The van der Waals surface area contributed by atoms with Crippen LogP contribution in [0.25, 0.3) is 22.3 Å². The Morgan fingerprint density at radius 3 is 2.44 bits per heavy atom. The highest BCUT2D eigenvalue weighted by molar-refractivity contribution is 5.83. The number of nitrogens with zero attached hydrogens (tertiary/aromatic N) is 6. The van der Waals surface area contributed by atoms with Crippen molar-refractivity contribution in [2.75, 3.05) is 25.0 Å². The van der Waals surface area contributed by atoms with Gasteiger partial charge in [-0.05, 0) is 84.3 Å². The normalized spacial score (nSPS) is 16.6. The van der Waals surface area contributed by atoms with E-state index in [4.69, 9.17) is 0 Å². The number of hydrogen-bond acceptors (Lipinski definition) is 6. The first-order valence-corrected chi connectivity index (χ1v) is 13.4. The Morgan fingerprint density at radius 1 is 1.05 bits per heavy atom. The molecule has 1 aromatic carbocycles. The smallest absolute Gasteiger partial charge is 0.229 e. The molecule has 1 aliphatic heterocycles. The number of fused-ring (bicyclic) bond motifs is 1. The molecule has 0 aliphatic carbocycles. The summed E-state index contributed by atoms with van der Waals surface area (Å²) in [5.74, 6) is -0.148. The molecule has 4 heterocycles. The van der Waals surface area contributed by atoms with Crippen LogP contribution >= 0.6 is 0 Å². The van der Waals surface area contributed by atoms with Gasteiger partial charge in [-0.3, -0.25) is 0 Å². The molecular weight excluding hydrogens is 503 g/mol. The van der Waals surface area contributed by atoms with Crippen LogP contribution in [-0.4, -0.2) is 49.0 Å². The number of likely N-dealkylation sites (tertiary alicyclic amines) is 1. The molecule has 0 amide bonds. The van der Waals surface area contributed by atoms with E-state index in [-0.39, 0.29) is 34.7 Å². The molecule has 206 valence electrons. The maximum absolute atomic E-state index is 15.8. The van der Waals surface area contributed by atoms with Crippen molar-refractivity contribution in [2.45, 2.75) is 59.2 Å². The molecule has 1 N–H and O–H groups in total. The van der Waals surface area contributed by atoms with Gasteiger partial charge in [0.2, 0.25) is 5.95 Å². The van der Waals surface area contributed by atoms with Crippen molar-refractivity contribution >= 4 is 22.8 Å². The Balaban J connectivity index is 1.39. The Labute approximate surface area is 226 Å². The molecule has 0 unspecified atom stereocenters. The molecule has 5 rings (SSSR count). The molecule has 0 radical (unpaired) electrons. The Morgan fingerprint density at radius 2 is 1.79 bits per heavy atom. The van der Waals surface area contributed by atoms with Gasteiger partial charge in [-0.15, -0.1) is 0 Å². The summed E-state index contributed by atoms with van der Waals surface area (Å²) in [7, 11) is 0. The minimum absolute atomic E-state index is 0.0431. The van der Waals surface area contributed by atoms with Crippen LogP contribution in [-0.2, 0) is 5.67 Å². The van der Waals surface area contributed by atoms with Gasteiger partial charge >= 0.3 is 0 Å². The number of aryl methyl sites for hydroxylation is 1. The average Bonchev–Trinajstić information content (AvgIpc) is 3.26. The molecule has 39 heavy (non-hydrogen) atoms. The lowest BCUT2D eigenvalue weighted by Gasteiger charge is -2.37. The van der Waals surface area contributed by atoms with Crippen molar-refractivity contribution in [3.05, 3.63) is 59.7 Å². The summed E-state index contributed by atoms with van der Waals surface area (Å²) in [5, 5.41) is 2.96. The topological polar surface area (TPSA) is 71.8 Å². The van der Waals surface area contributed by atoms with Gasteiger partial charge in [0.25, 0.3) is 0 Å². The van der Waals surface area contributed by atoms with E-state index in [2.05, 4.69) is 37.1 Å². The quantitative estimate of drug-likeness (QED) is 0.282. The number of hydrogen-bond donors (Lipinski definition) is 1. The van der Waals surface area contributed by atoms with Crippen molar-refractivity contribution < 1.29 is 13.2 Å². The second-order valence-corrected chi connectivity index (χ2v) is 10.7. The van der Waals surface area contributed by atoms with Crippen LogP contribution in [0.1, 0.15) is 58.0 Å². The number of alkyl halides is 1. The average molecular weight is 538 g/mol. The van der Waals surface area contributed by atoms with Gasteiger partial charge in [0.15, 0.2) is 11.6 Å². The molecule has 0 saturated carbocycles. The van der Waals surface area contributed by atoms with Crippen LogP contribution in [0.5, 0.6) is 0 Å². The van der Waals surface area contributed by atoms with Gasteiger partial charge in [-0.25, -0.2) is 33.1 Å². The summed E-state index contributed by atoms with van der Waals surface area (Å²) in [4.78, 5) is 19.4. The molecule has 3 aromatic heterocycles. The van der Waals surface area contributed by atoms with Crippen molar-refractivity contribution in [1.29, 1.82) is 0 Å². The largest absolute Gasteiger partial charge is 0.326 e. The SMILES string of the molecule is CCN1CCC([C@@](C)(F)c2ccc(Nc3ncc(F)c(-c4cc(F)c5nc(C)n(C(C)C)c5c4)n3)nc2)CC1. The fourth-order valence-corrected chi connectivity index (χ4v) is 5.59. The molecule has 7 nitrogen and oxygen atoms in total. The second-order valence-electron chi connectivity index (χ2n) is 10.7. The van der Waals surface area contributed by atoms with E-state index in [1.54, 1.807) is 25.1 Å². The molecule has 1 saturated heterocycles. The Hall–Kier alpha value is -3.53. The van der Waals surface area contributed by atoms with Gasteiger partial charge in [-0.2, -0.15) is 0 Å². The Kier molecular flexibility index (Phi) is 7.33. The number of nitrogens with one attached hydrogen (secondary N) is 1. The monoisotopic (exact) mass is 537 g/mol. The first kappa shape index (κ1) is 27.1. The predicted molar refractivity (Wildman–Crippen MR) is 147 cm³/mol. The third-order valence-electron chi connectivity index (χ3n) is 7.83. The first-order valence-electron chi connectivity index (χ1n) is 13.4. The molecule has 1 atom stereocenters. The molecule has 4 aromatic rings. The summed E-state index contributed by atoms with van der Waals surface area (Å²) in [6.07, 6.45) is 4.17. The van der Waals surface area contributed by atoms with E-state index in [0.29, 0.717) is 22.7 Å². The summed E-state index contributed by atoms with van der Waals surface area (Å²) in [6.45, 7) is 12.3. The summed E-state index contributed by atoms with van der Waals surface area (Å²) in [5.41, 5.74) is 0.0533. The second kappa shape index (κ2) is 10.6. The van der Waals surface area contributed by atoms with Gasteiger partial charge in [0, 0.05) is 23.4 Å². The van der Waals surface area contributed by atoms with Gasteiger partial charge in [-0.1, -0.05) is 13.0 Å². The maximum Gasteiger partial charge on any atom is 0.229 e. The van der Waals surface area contributed by atoms with Gasteiger partial charge in [0.05, 0.1) is 11.7 Å². The zero-order valence-corrected chi connectivity index (χ0v) is 23.0. The minimum atomic E-state index is -1.49. The van der Waals surface area contributed by atoms with Crippen molar-refractivity contribution in [3.8, 4) is 11.3 Å². The highest BCUT2D eigenvalue weighted by Gasteiger charge is 2.38. The fraction of sp³-hybridized carbons (Fsp3) is 0.448. The minimum Gasteiger partial charge on any atom is -0.326 e. The van der Waals surface area contributed by atoms with Crippen LogP contribution in [0, 0.1) is 24.5 Å². The van der Waals surface area contributed by atoms with E-state index in [0.717, 1.165) is 38.7 Å². The molecule has 1 fully saturated rings. The van der Waals surface area contributed by atoms with Crippen LogP contribution in [0.3, 0.4) is 0 Å². The lowest BCUT2D eigenvalue weighted by molar-refractivity contribution is 0.0467. The third-order valence-corrected chi connectivity index (χ3v) is 7.83. The van der Waals surface area contributed by atoms with Crippen LogP contribution in [0.2, 0.25) is 0 Å². The van der Waals surface area contributed by atoms with Crippen molar-refractivity contribution in [2.24, 2.45) is 5.92 Å². The number of halogens is 3. The first-order chi connectivity index (χ1) is 18.6. The van der Waals surface area contributed by atoms with Crippen LogP contribution < -0.4 is 5.32 Å². The highest BCUT2D eigenvalue weighted by atomic mass is 19.1. The van der Waals surface area contributed by atoms with E-state index in [1.165, 1.54) is 12.3 Å². The summed E-state index contributed by atoms with van der Waals surface area (Å²) >= 11 is 0. The lowest BCUT2D eigenvalue weighted by Crippen LogP contribution is -2.40. The van der Waals surface area contributed by atoms with Crippen LogP contribution in [0.15, 0.2) is 36.7 Å². The lowest BCUT2D eigenvalue weighted by atomic mass is 9.79. The van der Waals surface area contributed by atoms with Gasteiger partial charge < -0.3 is 14.8 Å². The number of benzene rings is 1. The fourth-order valence-electron chi connectivity index (χ4n) is 5.59. The number of anilines is 2. The number of rotatable bonds is 7. The van der Waals surface area contributed by atoms with E-state index < -0.39 is 17.3 Å². The zero-order valence-electron chi connectivity index (χ0n) is 23.0. The van der Waals surface area contributed by atoms with Crippen molar-refractivity contribution in [1.82, 2.24) is 29.4 Å². The summed E-state index contributed by atoms with van der Waals surface area (Å²) < 4.78 is 47.5. The van der Waals surface area contributed by atoms with Crippen molar-refractivity contribution in [3.63, 3.8) is 0 Å². The third kappa shape index (κ3) is 5.22. The molecule has 1 aliphatic rings. The van der Waals surface area contributed by atoms with E-state index in [1.807, 2.05) is 25.3 Å².